The summed E-state index contributed by atoms with van der Waals surface area (Å²) in [5.41, 5.74) is 2.15. The zero-order valence-corrected chi connectivity index (χ0v) is 13.3. The van der Waals surface area contributed by atoms with Gasteiger partial charge in [-0.15, -0.1) is 0 Å². The van der Waals surface area contributed by atoms with Crippen LogP contribution in [-0.4, -0.2) is 16.3 Å². The van der Waals surface area contributed by atoms with Crippen LogP contribution in [0, 0.1) is 12.7 Å². The highest BCUT2D eigenvalue weighted by molar-refractivity contribution is 5.95. The van der Waals surface area contributed by atoms with E-state index < -0.39 is 5.82 Å². The molecule has 1 aromatic heterocycles. The van der Waals surface area contributed by atoms with E-state index in [1.165, 1.54) is 24.3 Å². The molecular formula is C19H16FNO3. The third-order valence-electron chi connectivity index (χ3n) is 4.52. The van der Waals surface area contributed by atoms with Crippen LogP contribution in [0.25, 0.3) is 22.0 Å². The molecule has 0 bridgehead atoms. The average Bonchev–Trinajstić information content (AvgIpc) is 2.54. The topological polar surface area (TPSA) is 51.5 Å². The molecule has 0 saturated heterocycles. The summed E-state index contributed by atoms with van der Waals surface area (Å²) in [6.07, 6.45) is 0. The minimum absolute atomic E-state index is 0.107. The summed E-state index contributed by atoms with van der Waals surface area (Å²) in [5, 5.41) is 10.1. The number of aromatic nitrogens is 1. The van der Waals surface area contributed by atoms with Crippen molar-refractivity contribution in [3.8, 4) is 22.6 Å². The minimum atomic E-state index is -0.411. The second-order valence-electron chi connectivity index (χ2n) is 6.20. The monoisotopic (exact) mass is 325 g/mol. The molecule has 1 aliphatic heterocycles. The number of pyridine rings is 1. The van der Waals surface area contributed by atoms with Gasteiger partial charge < -0.3 is 9.84 Å². The number of rotatable bonds is 1. The number of phenolic OH excluding ortho intramolecular Hbond substituents is 1. The fourth-order valence-corrected chi connectivity index (χ4v) is 3.35. The van der Waals surface area contributed by atoms with Crippen LogP contribution >= 0.6 is 0 Å². The number of halogens is 1. The first-order chi connectivity index (χ1) is 11.5. The third-order valence-corrected chi connectivity index (χ3v) is 4.52. The molecule has 4 rings (SSSR count). The van der Waals surface area contributed by atoms with Gasteiger partial charge in [-0.1, -0.05) is 12.1 Å². The van der Waals surface area contributed by atoms with E-state index in [0.717, 1.165) is 5.56 Å². The lowest BCUT2D eigenvalue weighted by molar-refractivity contribution is 0.245. The Hall–Kier alpha value is -2.82. The van der Waals surface area contributed by atoms with Crippen molar-refractivity contribution in [2.24, 2.45) is 0 Å². The SMILES string of the molecule is Cc1cc(=O)n2c3c(c(-c4ccc(O)cc4)c(F)cc13)OCC2C. The standard InChI is InChI=1S/C19H16FNO3/c1-10-7-16(23)21-11(2)9-24-19-17(12-3-5-13(22)6-4-12)15(20)8-14(10)18(19)21/h3-8,11,22H,9H2,1-2H3. The van der Waals surface area contributed by atoms with Crippen molar-refractivity contribution < 1.29 is 14.2 Å². The first-order valence-corrected chi connectivity index (χ1v) is 7.78. The van der Waals surface area contributed by atoms with E-state index in [2.05, 4.69) is 0 Å². The average molecular weight is 325 g/mol. The zero-order chi connectivity index (χ0) is 17.0. The van der Waals surface area contributed by atoms with E-state index >= 15 is 0 Å². The molecule has 1 atom stereocenters. The van der Waals surface area contributed by atoms with Crippen LogP contribution in [0.4, 0.5) is 4.39 Å². The minimum Gasteiger partial charge on any atom is -0.508 e. The van der Waals surface area contributed by atoms with Crippen LogP contribution in [0.3, 0.4) is 0 Å². The van der Waals surface area contributed by atoms with E-state index in [9.17, 15) is 14.3 Å². The molecule has 4 nitrogen and oxygen atoms in total. The summed E-state index contributed by atoms with van der Waals surface area (Å²) in [6, 6.07) is 9.14. The molecule has 0 fully saturated rings. The predicted molar refractivity (Wildman–Crippen MR) is 90.2 cm³/mol. The van der Waals surface area contributed by atoms with Crippen molar-refractivity contribution in [2.45, 2.75) is 19.9 Å². The normalized spacial score (nSPS) is 16.2. The largest absolute Gasteiger partial charge is 0.508 e. The Balaban J connectivity index is 2.16. The van der Waals surface area contributed by atoms with Gasteiger partial charge in [-0.3, -0.25) is 9.36 Å². The highest BCUT2D eigenvalue weighted by atomic mass is 19.1. The van der Waals surface area contributed by atoms with Gasteiger partial charge in [0.2, 0.25) is 0 Å². The van der Waals surface area contributed by atoms with Crippen LogP contribution < -0.4 is 10.3 Å². The van der Waals surface area contributed by atoms with Gasteiger partial charge in [0, 0.05) is 11.5 Å². The Morgan fingerprint density at radius 2 is 1.96 bits per heavy atom. The van der Waals surface area contributed by atoms with Gasteiger partial charge in [0.05, 0.1) is 17.1 Å². The molecule has 24 heavy (non-hydrogen) atoms. The summed E-state index contributed by atoms with van der Waals surface area (Å²) < 4.78 is 22.4. The molecule has 0 amide bonds. The van der Waals surface area contributed by atoms with Crippen LogP contribution in [0.5, 0.6) is 11.5 Å². The Labute approximate surface area is 137 Å². The third kappa shape index (κ3) is 2.01. The molecule has 0 aliphatic carbocycles. The molecule has 2 heterocycles. The molecule has 0 radical (unpaired) electrons. The van der Waals surface area contributed by atoms with Crippen LogP contribution in [0.15, 0.2) is 41.2 Å². The molecule has 5 heteroatoms. The Morgan fingerprint density at radius 1 is 1.25 bits per heavy atom. The van der Waals surface area contributed by atoms with E-state index in [0.29, 0.717) is 34.4 Å². The fourth-order valence-electron chi connectivity index (χ4n) is 3.35. The quantitative estimate of drug-likeness (QED) is 0.741. The number of phenols is 1. The van der Waals surface area contributed by atoms with Gasteiger partial charge in [-0.25, -0.2) is 4.39 Å². The summed E-state index contributed by atoms with van der Waals surface area (Å²) in [4.78, 5) is 12.4. The van der Waals surface area contributed by atoms with Crippen molar-refractivity contribution >= 4 is 10.9 Å². The van der Waals surface area contributed by atoms with Gasteiger partial charge in [0.25, 0.3) is 5.56 Å². The van der Waals surface area contributed by atoms with Crippen LogP contribution in [-0.2, 0) is 0 Å². The number of hydrogen-bond donors (Lipinski definition) is 1. The molecular weight excluding hydrogens is 309 g/mol. The van der Waals surface area contributed by atoms with Crippen molar-refractivity contribution in [3.05, 3.63) is 58.1 Å². The number of aromatic hydroxyl groups is 1. The molecule has 0 saturated carbocycles. The Bertz CT molecular complexity index is 1020. The van der Waals surface area contributed by atoms with Gasteiger partial charge in [0.15, 0.2) is 5.75 Å². The number of aryl methyl sites for hydroxylation is 1. The smallest absolute Gasteiger partial charge is 0.251 e. The van der Waals surface area contributed by atoms with E-state index in [-0.39, 0.29) is 17.4 Å². The second-order valence-corrected chi connectivity index (χ2v) is 6.20. The first kappa shape index (κ1) is 14.8. The Kier molecular flexibility index (Phi) is 3.13. The summed E-state index contributed by atoms with van der Waals surface area (Å²) in [5.74, 6) is 0.0801. The van der Waals surface area contributed by atoms with Crippen molar-refractivity contribution in [1.82, 2.24) is 4.57 Å². The van der Waals surface area contributed by atoms with Gasteiger partial charge >= 0.3 is 0 Å². The second kappa shape index (κ2) is 5.09. The number of ether oxygens (including phenoxy) is 1. The predicted octanol–water partition coefficient (Wildman–Crippen LogP) is 3.78. The lowest BCUT2D eigenvalue weighted by atomic mass is 9.98. The van der Waals surface area contributed by atoms with Gasteiger partial charge in [0.1, 0.15) is 18.2 Å². The van der Waals surface area contributed by atoms with Gasteiger partial charge in [-0.2, -0.15) is 0 Å². The molecule has 1 aliphatic rings. The molecule has 122 valence electrons. The highest BCUT2D eigenvalue weighted by Crippen LogP contribution is 2.42. The number of benzene rings is 2. The molecule has 1 unspecified atom stereocenters. The maximum Gasteiger partial charge on any atom is 0.251 e. The lowest BCUT2D eigenvalue weighted by Gasteiger charge is -2.28. The van der Waals surface area contributed by atoms with Crippen LogP contribution in [0.1, 0.15) is 18.5 Å². The van der Waals surface area contributed by atoms with Crippen molar-refractivity contribution in [1.29, 1.82) is 0 Å². The lowest BCUT2D eigenvalue weighted by Crippen LogP contribution is -2.31. The van der Waals surface area contributed by atoms with E-state index in [4.69, 9.17) is 4.74 Å². The Morgan fingerprint density at radius 3 is 2.67 bits per heavy atom. The van der Waals surface area contributed by atoms with E-state index in [1.807, 2.05) is 6.92 Å². The fraction of sp³-hybridized carbons (Fsp3) is 0.211. The zero-order valence-electron chi connectivity index (χ0n) is 13.3. The van der Waals surface area contributed by atoms with Gasteiger partial charge in [-0.05, 0) is 43.2 Å². The first-order valence-electron chi connectivity index (χ1n) is 7.78. The van der Waals surface area contributed by atoms with E-state index in [1.54, 1.807) is 23.6 Å². The maximum absolute atomic E-state index is 14.9. The molecule has 3 aromatic rings. The number of hydrogen-bond acceptors (Lipinski definition) is 3. The number of nitrogens with zero attached hydrogens (tertiary/aromatic N) is 1. The molecule has 0 spiro atoms. The van der Waals surface area contributed by atoms with Crippen molar-refractivity contribution in [2.75, 3.05) is 6.61 Å². The van der Waals surface area contributed by atoms with Crippen LogP contribution in [0.2, 0.25) is 0 Å². The highest BCUT2D eigenvalue weighted by Gasteiger charge is 2.27. The maximum atomic E-state index is 14.9. The molecule has 1 N–H and O–H groups in total. The summed E-state index contributed by atoms with van der Waals surface area (Å²) in [6.45, 7) is 4.01. The summed E-state index contributed by atoms with van der Waals surface area (Å²) in [7, 11) is 0. The van der Waals surface area contributed by atoms with Crippen molar-refractivity contribution in [3.63, 3.8) is 0 Å². The molecule has 2 aromatic carbocycles. The summed E-state index contributed by atoms with van der Waals surface area (Å²) >= 11 is 0.